The summed E-state index contributed by atoms with van der Waals surface area (Å²) in [4.78, 5) is 24.3. The summed E-state index contributed by atoms with van der Waals surface area (Å²) in [6.45, 7) is 1.98. The molecule has 2 rings (SSSR count). The number of hydrogen-bond acceptors (Lipinski definition) is 3. The maximum Gasteiger partial charge on any atom is 0.327 e. The Balaban J connectivity index is 1.83. The minimum atomic E-state index is -0.917. The number of urea groups is 1. The number of hydrogen-bond donors (Lipinski definition) is 2. The molecule has 1 aliphatic heterocycles. The molecule has 0 aromatic heterocycles. The normalized spacial score (nSPS) is 25.7. The molecule has 1 unspecified atom stereocenters. The van der Waals surface area contributed by atoms with E-state index in [-0.39, 0.29) is 12.1 Å². The van der Waals surface area contributed by atoms with Crippen molar-refractivity contribution in [2.75, 3.05) is 11.6 Å². The molecule has 2 aliphatic rings. The fraction of sp³-hybridized carbons (Fsp3) is 0.818. The second-order valence-electron chi connectivity index (χ2n) is 4.85. The lowest BCUT2D eigenvalue weighted by molar-refractivity contribution is -0.140. The smallest absolute Gasteiger partial charge is 0.327 e. The van der Waals surface area contributed by atoms with Gasteiger partial charge in [0.1, 0.15) is 6.04 Å². The monoisotopic (exact) mass is 258 g/mol. The average molecular weight is 258 g/mol. The first-order valence-corrected chi connectivity index (χ1v) is 7.11. The van der Waals surface area contributed by atoms with E-state index in [9.17, 15) is 9.59 Å². The van der Waals surface area contributed by atoms with Gasteiger partial charge in [-0.05, 0) is 19.3 Å². The van der Waals surface area contributed by atoms with Crippen LogP contribution in [0.3, 0.4) is 0 Å². The summed E-state index contributed by atoms with van der Waals surface area (Å²) in [6, 6.07) is -0.779. The van der Waals surface area contributed by atoms with Gasteiger partial charge in [0.15, 0.2) is 0 Å². The number of carboxylic acids is 1. The summed E-state index contributed by atoms with van der Waals surface area (Å²) in [7, 11) is 0. The van der Waals surface area contributed by atoms with Gasteiger partial charge >= 0.3 is 12.0 Å². The van der Waals surface area contributed by atoms with Crippen molar-refractivity contribution in [1.82, 2.24) is 10.2 Å². The minimum absolute atomic E-state index is 0.134. The second kappa shape index (κ2) is 5.16. The molecular formula is C11H18N2O3S. The number of amides is 2. The Kier molecular flexibility index (Phi) is 3.81. The van der Waals surface area contributed by atoms with Crippen LogP contribution in [0.5, 0.6) is 0 Å². The molecule has 1 aliphatic carbocycles. The Morgan fingerprint density at radius 1 is 1.53 bits per heavy atom. The second-order valence-corrected chi connectivity index (χ2v) is 5.85. The summed E-state index contributed by atoms with van der Waals surface area (Å²) in [6.07, 6.45) is 3.53. The predicted molar refractivity (Wildman–Crippen MR) is 65.9 cm³/mol. The number of carboxylic acid groups (broad SMARTS) is 1. The minimum Gasteiger partial charge on any atom is -0.480 e. The molecule has 2 amide bonds. The fourth-order valence-electron chi connectivity index (χ4n) is 2.05. The SMILES string of the molecule is CC(CC1CC1)NC(=O)N1CSC[C@H]1C(=O)O. The zero-order valence-corrected chi connectivity index (χ0v) is 10.7. The largest absolute Gasteiger partial charge is 0.480 e. The van der Waals surface area contributed by atoms with Crippen LogP contribution < -0.4 is 5.32 Å². The summed E-state index contributed by atoms with van der Waals surface area (Å²) >= 11 is 1.48. The van der Waals surface area contributed by atoms with Crippen LogP contribution in [0.4, 0.5) is 4.79 Å². The predicted octanol–water partition coefficient (Wildman–Crippen LogP) is 1.34. The molecule has 5 nitrogen and oxygen atoms in total. The van der Waals surface area contributed by atoms with E-state index in [4.69, 9.17) is 5.11 Å². The zero-order valence-electron chi connectivity index (χ0n) is 9.89. The lowest BCUT2D eigenvalue weighted by Crippen LogP contribution is -2.49. The van der Waals surface area contributed by atoms with Crippen molar-refractivity contribution in [2.24, 2.45) is 5.92 Å². The number of carbonyl (C=O) groups is 2. The summed E-state index contributed by atoms with van der Waals surface area (Å²) in [5, 5.41) is 11.9. The van der Waals surface area contributed by atoms with Crippen LogP contribution >= 0.6 is 11.8 Å². The highest BCUT2D eigenvalue weighted by molar-refractivity contribution is 7.99. The van der Waals surface area contributed by atoms with Crippen molar-refractivity contribution in [1.29, 1.82) is 0 Å². The summed E-state index contributed by atoms with van der Waals surface area (Å²) in [5.41, 5.74) is 0. The Hall–Kier alpha value is -0.910. The van der Waals surface area contributed by atoms with E-state index in [0.717, 1.165) is 12.3 Å². The van der Waals surface area contributed by atoms with Crippen LogP contribution in [-0.2, 0) is 4.79 Å². The third-order valence-corrected chi connectivity index (χ3v) is 4.19. The average Bonchev–Trinajstić information content (AvgIpc) is 2.92. The molecule has 0 spiro atoms. The maximum absolute atomic E-state index is 11.9. The topological polar surface area (TPSA) is 69.6 Å². The Bertz CT molecular complexity index is 320. The molecule has 2 N–H and O–H groups in total. The summed E-state index contributed by atoms with van der Waals surface area (Å²) < 4.78 is 0. The molecule has 96 valence electrons. The highest BCUT2D eigenvalue weighted by Crippen LogP contribution is 2.33. The molecule has 6 heteroatoms. The van der Waals surface area contributed by atoms with E-state index in [2.05, 4.69) is 5.32 Å². The van der Waals surface area contributed by atoms with Gasteiger partial charge in [0, 0.05) is 11.8 Å². The van der Waals surface area contributed by atoms with Gasteiger partial charge in [0.05, 0.1) is 5.88 Å². The van der Waals surface area contributed by atoms with Gasteiger partial charge in [-0.3, -0.25) is 0 Å². The van der Waals surface area contributed by atoms with Crippen LogP contribution in [0, 0.1) is 5.92 Å². The lowest BCUT2D eigenvalue weighted by Gasteiger charge is -2.23. The van der Waals surface area contributed by atoms with Gasteiger partial charge in [-0.25, -0.2) is 9.59 Å². The molecule has 0 radical (unpaired) electrons. The van der Waals surface area contributed by atoms with E-state index in [0.29, 0.717) is 11.6 Å². The van der Waals surface area contributed by atoms with Crippen LogP contribution in [0.25, 0.3) is 0 Å². The molecule has 1 heterocycles. The molecular weight excluding hydrogens is 240 g/mol. The quantitative estimate of drug-likeness (QED) is 0.798. The molecule has 17 heavy (non-hydrogen) atoms. The van der Waals surface area contributed by atoms with Crippen LogP contribution in [0.2, 0.25) is 0 Å². The number of aliphatic carboxylic acids is 1. The van der Waals surface area contributed by atoms with Crippen molar-refractivity contribution >= 4 is 23.8 Å². The fourth-order valence-corrected chi connectivity index (χ4v) is 3.20. The zero-order chi connectivity index (χ0) is 12.4. The van der Waals surface area contributed by atoms with Crippen molar-refractivity contribution in [3.05, 3.63) is 0 Å². The van der Waals surface area contributed by atoms with Gasteiger partial charge < -0.3 is 15.3 Å². The molecule has 0 bridgehead atoms. The lowest BCUT2D eigenvalue weighted by atomic mass is 10.2. The number of rotatable bonds is 4. The van der Waals surface area contributed by atoms with E-state index in [1.165, 1.54) is 29.5 Å². The first-order chi connectivity index (χ1) is 8.08. The van der Waals surface area contributed by atoms with Crippen molar-refractivity contribution in [3.8, 4) is 0 Å². The number of nitrogens with zero attached hydrogens (tertiary/aromatic N) is 1. The highest BCUT2D eigenvalue weighted by Gasteiger charge is 2.35. The Labute approximate surface area is 105 Å². The first kappa shape index (κ1) is 12.5. The van der Waals surface area contributed by atoms with E-state index >= 15 is 0 Å². The molecule has 1 saturated carbocycles. The third kappa shape index (κ3) is 3.28. The highest BCUT2D eigenvalue weighted by atomic mass is 32.2. The van der Waals surface area contributed by atoms with Gasteiger partial charge in [0.25, 0.3) is 0 Å². The van der Waals surface area contributed by atoms with E-state index in [1.54, 1.807) is 0 Å². The Morgan fingerprint density at radius 3 is 2.82 bits per heavy atom. The van der Waals surface area contributed by atoms with E-state index < -0.39 is 12.0 Å². The molecule has 2 atom stereocenters. The van der Waals surface area contributed by atoms with Crippen molar-refractivity contribution in [3.63, 3.8) is 0 Å². The third-order valence-electron chi connectivity index (χ3n) is 3.18. The van der Waals surface area contributed by atoms with Gasteiger partial charge in [0.2, 0.25) is 0 Å². The van der Waals surface area contributed by atoms with E-state index in [1.807, 2.05) is 6.92 Å². The number of thioether (sulfide) groups is 1. The van der Waals surface area contributed by atoms with Crippen molar-refractivity contribution < 1.29 is 14.7 Å². The Morgan fingerprint density at radius 2 is 2.24 bits per heavy atom. The van der Waals surface area contributed by atoms with Crippen LogP contribution in [0.15, 0.2) is 0 Å². The first-order valence-electron chi connectivity index (χ1n) is 5.95. The standard InChI is InChI=1S/C11H18N2O3S/c1-7(4-8-2-3-8)12-11(16)13-6-17-5-9(13)10(14)15/h7-9H,2-6H2,1H3,(H,12,16)(H,14,15)/t7?,9-/m0/s1. The van der Waals surface area contributed by atoms with Crippen molar-refractivity contribution in [2.45, 2.75) is 38.3 Å². The van der Waals surface area contributed by atoms with Crippen LogP contribution in [0.1, 0.15) is 26.2 Å². The molecule has 2 fully saturated rings. The number of nitrogens with one attached hydrogen (secondary N) is 1. The van der Waals surface area contributed by atoms with Crippen LogP contribution in [-0.4, -0.2) is 45.7 Å². The summed E-state index contributed by atoms with van der Waals surface area (Å²) in [5.74, 6) is 0.798. The molecule has 0 aromatic carbocycles. The molecule has 0 aromatic rings. The maximum atomic E-state index is 11.9. The molecule has 1 saturated heterocycles. The van der Waals surface area contributed by atoms with Gasteiger partial charge in [-0.2, -0.15) is 0 Å². The van der Waals surface area contributed by atoms with Gasteiger partial charge in [-0.1, -0.05) is 12.8 Å². The van der Waals surface area contributed by atoms with Gasteiger partial charge in [-0.15, -0.1) is 11.8 Å². The number of carbonyl (C=O) groups excluding carboxylic acids is 1.